The Kier molecular flexibility index (Phi) is 4.71. The van der Waals surface area contributed by atoms with Gasteiger partial charge in [-0.05, 0) is 46.7 Å². The lowest BCUT2D eigenvalue weighted by Gasteiger charge is -2.03. The number of benzene rings is 2. The van der Waals surface area contributed by atoms with Gasteiger partial charge in [0.2, 0.25) is 0 Å². The molecule has 0 atom stereocenters. The number of allylic oxidation sites excluding steroid dienone is 1. The molecule has 0 saturated carbocycles. The molecule has 0 saturated heterocycles. The first-order valence-corrected chi connectivity index (χ1v) is 8.39. The summed E-state index contributed by atoms with van der Waals surface area (Å²) in [6.45, 7) is 0. The van der Waals surface area contributed by atoms with Crippen LogP contribution in [0.25, 0.3) is 16.8 Å². The van der Waals surface area contributed by atoms with Crippen LogP contribution in [0.3, 0.4) is 0 Å². The van der Waals surface area contributed by atoms with Crippen LogP contribution >= 0.6 is 34.5 Å². The van der Waals surface area contributed by atoms with Gasteiger partial charge < -0.3 is 4.74 Å². The third-order valence-electron chi connectivity index (χ3n) is 3.42. The van der Waals surface area contributed by atoms with E-state index in [2.05, 4.69) is 0 Å². The van der Waals surface area contributed by atoms with Gasteiger partial charge in [-0.25, -0.2) is 0 Å². The predicted octanol–water partition coefficient (Wildman–Crippen LogP) is 6.11. The van der Waals surface area contributed by atoms with Crippen molar-refractivity contribution in [2.45, 2.75) is 0 Å². The normalized spacial score (nSPS) is 11.3. The summed E-state index contributed by atoms with van der Waals surface area (Å²) in [4.78, 5) is 12.2. The molecule has 0 spiro atoms. The summed E-state index contributed by atoms with van der Waals surface area (Å²) in [6, 6.07) is 13.4. The Morgan fingerprint density at radius 1 is 1.09 bits per heavy atom. The standard InChI is InChI=1S/C18H12Cl2O2S/c1-22-14-6-5-12-8-11(2-4-13(12)9-14)3-7-16(21)15-10-17(19)23-18(15)20/h2-10H,1H3/b7-3+. The van der Waals surface area contributed by atoms with E-state index in [1.54, 1.807) is 19.3 Å². The van der Waals surface area contributed by atoms with Crippen molar-refractivity contribution < 1.29 is 9.53 Å². The molecule has 1 heterocycles. The molecule has 2 nitrogen and oxygen atoms in total. The average Bonchev–Trinajstić information content (AvgIpc) is 2.90. The highest BCUT2D eigenvalue weighted by atomic mass is 35.5. The summed E-state index contributed by atoms with van der Waals surface area (Å²) in [5, 5.41) is 2.16. The molecule has 0 aliphatic rings. The molecule has 0 bridgehead atoms. The first-order chi connectivity index (χ1) is 11.1. The molecule has 23 heavy (non-hydrogen) atoms. The molecular weight excluding hydrogens is 351 g/mol. The van der Waals surface area contributed by atoms with E-state index >= 15 is 0 Å². The van der Waals surface area contributed by atoms with E-state index in [-0.39, 0.29) is 5.78 Å². The van der Waals surface area contributed by atoms with E-state index in [0.717, 1.165) is 22.1 Å². The number of rotatable bonds is 4. The maximum atomic E-state index is 12.2. The van der Waals surface area contributed by atoms with Gasteiger partial charge in [-0.15, -0.1) is 11.3 Å². The van der Waals surface area contributed by atoms with Crippen LogP contribution < -0.4 is 4.74 Å². The lowest BCUT2D eigenvalue weighted by Crippen LogP contribution is -1.91. The topological polar surface area (TPSA) is 26.3 Å². The number of thiophene rings is 1. The van der Waals surface area contributed by atoms with E-state index < -0.39 is 0 Å². The molecule has 0 radical (unpaired) electrons. The van der Waals surface area contributed by atoms with Crippen LogP contribution in [0, 0.1) is 0 Å². The largest absolute Gasteiger partial charge is 0.497 e. The summed E-state index contributed by atoms with van der Waals surface area (Å²) in [5.74, 6) is 0.660. The highest BCUT2D eigenvalue weighted by molar-refractivity contribution is 7.20. The second kappa shape index (κ2) is 6.75. The summed E-state index contributed by atoms with van der Waals surface area (Å²) >= 11 is 13.0. The number of ketones is 1. The van der Waals surface area contributed by atoms with Crippen LogP contribution in [0.15, 0.2) is 48.5 Å². The third kappa shape index (κ3) is 3.58. The molecule has 0 fully saturated rings. The van der Waals surface area contributed by atoms with Gasteiger partial charge in [-0.3, -0.25) is 4.79 Å². The minimum atomic E-state index is -0.159. The molecule has 116 valence electrons. The van der Waals surface area contributed by atoms with Crippen LogP contribution in [-0.4, -0.2) is 12.9 Å². The molecule has 0 N–H and O–H groups in total. The Morgan fingerprint density at radius 2 is 1.83 bits per heavy atom. The smallest absolute Gasteiger partial charge is 0.188 e. The summed E-state index contributed by atoms with van der Waals surface area (Å²) in [5.41, 5.74) is 1.37. The zero-order valence-electron chi connectivity index (χ0n) is 12.2. The van der Waals surface area contributed by atoms with Crippen molar-refractivity contribution in [1.82, 2.24) is 0 Å². The summed E-state index contributed by atoms with van der Waals surface area (Å²) < 4.78 is 6.13. The molecule has 0 unspecified atom stereocenters. The minimum Gasteiger partial charge on any atom is -0.497 e. The van der Waals surface area contributed by atoms with Crippen LogP contribution in [0.4, 0.5) is 0 Å². The van der Waals surface area contributed by atoms with Crippen molar-refractivity contribution in [2.24, 2.45) is 0 Å². The summed E-state index contributed by atoms with van der Waals surface area (Å²) in [6.07, 6.45) is 3.28. The molecule has 0 aliphatic heterocycles. The first-order valence-electron chi connectivity index (χ1n) is 6.82. The van der Waals surface area contributed by atoms with Gasteiger partial charge in [0.1, 0.15) is 10.1 Å². The summed E-state index contributed by atoms with van der Waals surface area (Å²) in [7, 11) is 1.64. The Bertz CT molecular complexity index is 913. The second-order valence-electron chi connectivity index (χ2n) is 4.91. The van der Waals surface area contributed by atoms with Gasteiger partial charge in [0, 0.05) is 0 Å². The van der Waals surface area contributed by atoms with E-state index in [0.29, 0.717) is 14.2 Å². The van der Waals surface area contributed by atoms with E-state index in [1.165, 1.54) is 17.4 Å². The number of hydrogen-bond acceptors (Lipinski definition) is 3. The molecule has 0 amide bonds. The number of halogens is 2. The maximum absolute atomic E-state index is 12.2. The molecular formula is C18H12Cl2O2S. The van der Waals surface area contributed by atoms with Gasteiger partial charge in [0.05, 0.1) is 17.0 Å². The quantitative estimate of drug-likeness (QED) is 0.413. The highest BCUT2D eigenvalue weighted by Crippen LogP contribution is 2.31. The molecule has 1 aromatic heterocycles. The van der Waals surface area contributed by atoms with E-state index in [4.69, 9.17) is 27.9 Å². The van der Waals surface area contributed by atoms with Gasteiger partial charge in [-0.2, -0.15) is 0 Å². The lowest BCUT2D eigenvalue weighted by molar-refractivity contribution is 0.104. The van der Waals surface area contributed by atoms with Crippen molar-refractivity contribution in [2.75, 3.05) is 7.11 Å². The van der Waals surface area contributed by atoms with Crippen molar-refractivity contribution in [3.8, 4) is 5.75 Å². The monoisotopic (exact) mass is 362 g/mol. The molecule has 5 heteroatoms. The van der Waals surface area contributed by atoms with Crippen LogP contribution in [0.2, 0.25) is 8.67 Å². The number of hydrogen-bond donors (Lipinski definition) is 0. The fourth-order valence-corrected chi connectivity index (χ4v) is 3.72. The molecule has 2 aromatic carbocycles. The van der Waals surface area contributed by atoms with Gasteiger partial charge in [0.25, 0.3) is 0 Å². The van der Waals surface area contributed by atoms with E-state index in [1.807, 2.05) is 36.4 Å². The Hall–Kier alpha value is -1.81. The number of carbonyl (C=O) groups excluding carboxylic acids is 1. The number of methoxy groups -OCH3 is 1. The van der Waals surface area contributed by atoms with Crippen molar-refractivity contribution in [3.05, 3.63) is 68.3 Å². The molecule has 0 aliphatic carbocycles. The fourth-order valence-electron chi connectivity index (χ4n) is 2.24. The van der Waals surface area contributed by atoms with Gasteiger partial charge in [-0.1, -0.05) is 47.5 Å². The zero-order chi connectivity index (χ0) is 16.4. The van der Waals surface area contributed by atoms with Crippen molar-refractivity contribution >= 4 is 57.2 Å². The van der Waals surface area contributed by atoms with Gasteiger partial charge in [0.15, 0.2) is 5.78 Å². The fraction of sp³-hybridized carbons (Fsp3) is 0.0556. The lowest BCUT2D eigenvalue weighted by atomic mass is 10.1. The van der Waals surface area contributed by atoms with Crippen LogP contribution in [0.1, 0.15) is 15.9 Å². The second-order valence-corrected chi connectivity index (χ2v) is 7.19. The number of ether oxygens (including phenoxy) is 1. The highest BCUT2D eigenvalue weighted by Gasteiger charge is 2.11. The number of carbonyl (C=O) groups is 1. The third-order valence-corrected chi connectivity index (χ3v) is 4.91. The van der Waals surface area contributed by atoms with Crippen LogP contribution in [-0.2, 0) is 0 Å². The SMILES string of the molecule is COc1ccc2cc(/C=C/C(=O)c3cc(Cl)sc3Cl)ccc2c1. The molecule has 3 aromatic rings. The zero-order valence-corrected chi connectivity index (χ0v) is 14.5. The molecule has 3 rings (SSSR count). The maximum Gasteiger partial charge on any atom is 0.188 e. The average molecular weight is 363 g/mol. The van der Waals surface area contributed by atoms with Crippen molar-refractivity contribution in [3.63, 3.8) is 0 Å². The van der Waals surface area contributed by atoms with Crippen LogP contribution in [0.5, 0.6) is 5.75 Å². The first kappa shape index (κ1) is 16.1. The Morgan fingerprint density at radius 3 is 2.52 bits per heavy atom. The van der Waals surface area contributed by atoms with E-state index in [9.17, 15) is 4.79 Å². The minimum absolute atomic E-state index is 0.159. The predicted molar refractivity (Wildman–Crippen MR) is 98.2 cm³/mol. The Labute approximate surface area is 147 Å². The van der Waals surface area contributed by atoms with Gasteiger partial charge >= 0.3 is 0 Å². The Balaban J connectivity index is 1.86. The van der Waals surface area contributed by atoms with Crippen molar-refractivity contribution in [1.29, 1.82) is 0 Å². The number of fused-ring (bicyclic) bond motifs is 1.